The van der Waals surface area contributed by atoms with Gasteiger partial charge in [-0.25, -0.2) is 4.39 Å². The average Bonchev–Trinajstić information content (AvgIpc) is 2.33. The van der Waals surface area contributed by atoms with Crippen molar-refractivity contribution in [3.8, 4) is 0 Å². The average molecular weight is 280 g/mol. The highest BCUT2D eigenvalue weighted by atomic mass is 19.1. The number of benzene rings is 1. The van der Waals surface area contributed by atoms with E-state index < -0.39 is 0 Å². The summed E-state index contributed by atoms with van der Waals surface area (Å²) < 4.78 is 13.8. The molecule has 2 nitrogen and oxygen atoms in total. The number of aryl methyl sites for hydroxylation is 1. The fourth-order valence-electron chi connectivity index (χ4n) is 2.58. The van der Waals surface area contributed by atoms with Crippen LogP contribution in [0.3, 0.4) is 0 Å². The molecule has 0 heterocycles. The molecular formula is C17H29FN2. The molecule has 1 unspecified atom stereocenters. The molecule has 0 aliphatic heterocycles. The lowest BCUT2D eigenvalue weighted by molar-refractivity contribution is 0.160. The first-order chi connectivity index (χ1) is 9.35. The van der Waals surface area contributed by atoms with Gasteiger partial charge < -0.3 is 5.73 Å². The van der Waals surface area contributed by atoms with Crippen LogP contribution in [0.2, 0.25) is 0 Å². The van der Waals surface area contributed by atoms with E-state index in [0.29, 0.717) is 23.9 Å². The maximum absolute atomic E-state index is 13.8. The minimum absolute atomic E-state index is 0.0925. The van der Waals surface area contributed by atoms with Crippen molar-refractivity contribution in [3.63, 3.8) is 0 Å². The molecule has 0 bridgehead atoms. The van der Waals surface area contributed by atoms with Crippen LogP contribution < -0.4 is 5.73 Å². The van der Waals surface area contributed by atoms with Crippen LogP contribution in [0.4, 0.5) is 4.39 Å². The van der Waals surface area contributed by atoms with Crippen molar-refractivity contribution in [3.05, 3.63) is 35.1 Å². The fraction of sp³-hybridized carbons (Fsp3) is 0.647. The Kier molecular flexibility index (Phi) is 6.63. The molecule has 114 valence electrons. The molecular weight excluding hydrogens is 251 g/mol. The number of nitrogens with zero attached hydrogens (tertiary/aromatic N) is 1. The number of hydrogen-bond acceptors (Lipinski definition) is 2. The van der Waals surface area contributed by atoms with Crippen molar-refractivity contribution < 1.29 is 4.39 Å². The van der Waals surface area contributed by atoms with Crippen molar-refractivity contribution in [1.29, 1.82) is 0 Å². The maximum atomic E-state index is 13.8. The Morgan fingerprint density at radius 3 is 2.05 bits per heavy atom. The number of nitrogens with two attached hydrogens (primary N) is 1. The van der Waals surface area contributed by atoms with Gasteiger partial charge in [0.15, 0.2) is 0 Å². The monoisotopic (exact) mass is 280 g/mol. The minimum atomic E-state index is -0.144. The lowest BCUT2D eigenvalue weighted by Crippen LogP contribution is -2.38. The van der Waals surface area contributed by atoms with Crippen LogP contribution >= 0.6 is 0 Å². The summed E-state index contributed by atoms with van der Waals surface area (Å²) in [6.45, 7) is 13.1. The van der Waals surface area contributed by atoms with E-state index in [2.05, 4.69) is 32.6 Å². The summed E-state index contributed by atoms with van der Waals surface area (Å²) >= 11 is 0. The van der Waals surface area contributed by atoms with E-state index in [0.717, 1.165) is 18.7 Å². The zero-order valence-electron chi connectivity index (χ0n) is 13.5. The van der Waals surface area contributed by atoms with Gasteiger partial charge in [0.2, 0.25) is 0 Å². The quantitative estimate of drug-likeness (QED) is 0.824. The topological polar surface area (TPSA) is 29.3 Å². The molecule has 1 rings (SSSR count). The van der Waals surface area contributed by atoms with Crippen molar-refractivity contribution in [2.24, 2.45) is 17.6 Å². The van der Waals surface area contributed by atoms with Crippen molar-refractivity contribution >= 4 is 0 Å². The van der Waals surface area contributed by atoms with Crippen molar-refractivity contribution in [1.82, 2.24) is 4.90 Å². The molecule has 1 atom stereocenters. The van der Waals surface area contributed by atoms with Crippen LogP contribution in [0.15, 0.2) is 18.2 Å². The highest BCUT2D eigenvalue weighted by molar-refractivity contribution is 5.26. The highest BCUT2D eigenvalue weighted by Crippen LogP contribution is 2.24. The third-order valence-corrected chi connectivity index (χ3v) is 3.44. The molecule has 0 aliphatic rings. The van der Waals surface area contributed by atoms with Gasteiger partial charge in [0.1, 0.15) is 5.82 Å². The van der Waals surface area contributed by atoms with Crippen molar-refractivity contribution in [2.45, 2.75) is 40.7 Å². The summed E-state index contributed by atoms with van der Waals surface area (Å²) in [7, 11) is 0. The van der Waals surface area contributed by atoms with Gasteiger partial charge in [0.25, 0.3) is 0 Å². The smallest absolute Gasteiger partial charge is 0.126 e. The van der Waals surface area contributed by atoms with Crippen LogP contribution in [0.5, 0.6) is 0 Å². The molecule has 1 aromatic rings. The lowest BCUT2D eigenvalue weighted by Gasteiger charge is -2.34. The SMILES string of the molecule is Cc1ccc(C(CN)N(CC(C)C)CC(C)C)cc1F. The summed E-state index contributed by atoms with van der Waals surface area (Å²) in [5, 5.41) is 0. The standard InChI is InChI=1S/C17H29FN2/c1-12(2)10-20(11-13(3)4)17(9-19)15-7-6-14(5)16(18)8-15/h6-8,12-13,17H,9-11,19H2,1-5H3. The third kappa shape index (κ3) is 4.88. The third-order valence-electron chi connectivity index (χ3n) is 3.44. The summed E-state index contributed by atoms with van der Waals surface area (Å²) in [5.41, 5.74) is 7.65. The van der Waals surface area contributed by atoms with Gasteiger partial charge in [-0.2, -0.15) is 0 Å². The zero-order chi connectivity index (χ0) is 15.3. The fourth-order valence-corrected chi connectivity index (χ4v) is 2.58. The van der Waals surface area contributed by atoms with Gasteiger partial charge in [0, 0.05) is 25.7 Å². The van der Waals surface area contributed by atoms with Crippen LogP contribution in [-0.2, 0) is 0 Å². The van der Waals surface area contributed by atoms with Gasteiger partial charge in [0.05, 0.1) is 0 Å². The van der Waals surface area contributed by atoms with Gasteiger partial charge in [-0.3, -0.25) is 4.90 Å². The number of halogens is 1. The molecule has 20 heavy (non-hydrogen) atoms. The Morgan fingerprint density at radius 2 is 1.65 bits per heavy atom. The van der Waals surface area contributed by atoms with E-state index in [1.54, 1.807) is 13.0 Å². The molecule has 0 amide bonds. The second-order valence-electron chi connectivity index (χ2n) is 6.50. The van der Waals surface area contributed by atoms with Gasteiger partial charge in [-0.1, -0.05) is 39.8 Å². The lowest BCUT2D eigenvalue weighted by atomic mass is 10.0. The second-order valence-corrected chi connectivity index (χ2v) is 6.50. The molecule has 0 saturated heterocycles. The first-order valence-electron chi connectivity index (χ1n) is 7.55. The summed E-state index contributed by atoms with van der Waals surface area (Å²) in [4.78, 5) is 2.39. The van der Waals surface area contributed by atoms with Crippen molar-refractivity contribution in [2.75, 3.05) is 19.6 Å². The predicted molar refractivity (Wildman–Crippen MR) is 84.2 cm³/mol. The summed E-state index contributed by atoms with van der Waals surface area (Å²) in [6, 6.07) is 5.58. The Hall–Kier alpha value is -0.930. The Morgan fingerprint density at radius 1 is 1.10 bits per heavy atom. The molecule has 0 saturated carbocycles. The van der Waals surface area contributed by atoms with Gasteiger partial charge >= 0.3 is 0 Å². The van der Waals surface area contributed by atoms with Crippen LogP contribution in [0.25, 0.3) is 0 Å². The molecule has 0 spiro atoms. The molecule has 0 aliphatic carbocycles. The van der Waals surface area contributed by atoms with E-state index in [9.17, 15) is 4.39 Å². The molecule has 0 aromatic heterocycles. The molecule has 0 fully saturated rings. The largest absolute Gasteiger partial charge is 0.329 e. The summed E-state index contributed by atoms with van der Waals surface area (Å²) in [5.74, 6) is 0.992. The zero-order valence-corrected chi connectivity index (χ0v) is 13.5. The first-order valence-corrected chi connectivity index (χ1v) is 7.55. The van der Waals surface area contributed by atoms with E-state index in [-0.39, 0.29) is 11.9 Å². The minimum Gasteiger partial charge on any atom is -0.329 e. The van der Waals surface area contributed by atoms with E-state index in [1.165, 1.54) is 0 Å². The molecule has 1 aromatic carbocycles. The number of hydrogen-bond donors (Lipinski definition) is 1. The van der Waals surface area contributed by atoms with E-state index in [1.807, 2.05) is 12.1 Å². The van der Waals surface area contributed by atoms with E-state index in [4.69, 9.17) is 5.73 Å². The van der Waals surface area contributed by atoms with E-state index >= 15 is 0 Å². The summed E-state index contributed by atoms with van der Waals surface area (Å²) in [6.07, 6.45) is 0. The normalized spacial score (nSPS) is 13.5. The Labute approximate surface area is 123 Å². The highest BCUT2D eigenvalue weighted by Gasteiger charge is 2.21. The maximum Gasteiger partial charge on any atom is 0.126 e. The molecule has 2 N–H and O–H groups in total. The van der Waals surface area contributed by atoms with Gasteiger partial charge in [-0.05, 0) is 36.0 Å². The van der Waals surface area contributed by atoms with Crippen LogP contribution in [-0.4, -0.2) is 24.5 Å². The first kappa shape index (κ1) is 17.1. The molecule has 0 radical (unpaired) electrons. The molecule has 3 heteroatoms. The number of rotatable bonds is 7. The van der Waals surface area contributed by atoms with Crippen LogP contribution in [0.1, 0.15) is 44.9 Å². The Bertz CT molecular complexity index is 405. The second kappa shape index (κ2) is 7.75. The predicted octanol–water partition coefficient (Wildman–Crippen LogP) is 3.75. The Balaban J connectivity index is 3.01. The van der Waals surface area contributed by atoms with Gasteiger partial charge in [-0.15, -0.1) is 0 Å². The van der Waals surface area contributed by atoms with Crippen LogP contribution in [0, 0.1) is 24.6 Å².